The number of methoxy groups -OCH3 is 1. The molecule has 0 amide bonds. The monoisotopic (exact) mass is 376 g/mol. The number of aromatic nitrogens is 2. The van der Waals surface area contributed by atoms with Crippen LogP contribution in [0.15, 0.2) is 0 Å². The first-order chi connectivity index (χ1) is 13.2. The fraction of sp³-hybridized carbons (Fsp3) is 0.789. The van der Waals surface area contributed by atoms with Gasteiger partial charge in [-0.1, -0.05) is 0 Å². The van der Waals surface area contributed by atoms with Crippen molar-refractivity contribution in [3.05, 3.63) is 11.3 Å². The molecule has 2 N–H and O–H groups in total. The van der Waals surface area contributed by atoms with E-state index in [2.05, 4.69) is 27.5 Å². The second-order valence-corrected chi connectivity index (χ2v) is 7.82. The molecule has 8 heteroatoms. The predicted molar refractivity (Wildman–Crippen MR) is 104 cm³/mol. The predicted octanol–water partition coefficient (Wildman–Crippen LogP) is 0.0199. The van der Waals surface area contributed by atoms with Gasteiger partial charge in [0.1, 0.15) is 12.4 Å². The first-order valence-corrected chi connectivity index (χ1v) is 10.2. The highest BCUT2D eigenvalue weighted by Gasteiger charge is 2.27. The van der Waals surface area contributed by atoms with Gasteiger partial charge in [-0.25, -0.2) is 0 Å². The molecule has 4 rings (SSSR count). The summed E-state index contributed by atoms with van der Waals surface area (Å²) in [7, 11) is 3.92. The van der Waals surface area contributed by atoms with Crippen LogP contribution in [0.25, 0.3) is 0 Å². The molecule has 1 aromatic heterocycles. The highest BCUT2D eigenvalue weighted by atomic mass is 16.5. The summed E-state index contributed by atoms with van der Waals surface area (Å²) in [6.07, 6.45) is 3.40. The summed E-state index contributed by atoms with van der Waals surface area (Å²) in [6.45, 7) is 7.07. The summed E-state index contributed by atoms with van der Waals surface area (Å²) >= 11 is 0. The van der Waals surface area contributed by atoms with E-state index in [9.17, 15) is 0 Å². The summed E-state index contributed by atoms with van der Waals surface area (Å²) in [5.41, 5.74) is 2.36. The highest BCUT2D eigenvalue weighted by molar-refractivity contribution is 5.51. The molecule has 4 heterocycles. The van der Waals surface area contributed by atoms with Gasteiger partial charge < -0.3 is 29.9 Å². The van der Waals surface area contributed by atoms with Gasteiger partial charge >= 0.3 is 6.01 Å². The Morgan fingerprint density at radius 3 is 2.93 bits per heavy atom. The Morgan fingerprint density at radius 2 is 2.11 bits per heavy atom. The molecule has 0 spiro atoms. The van der Waals surface area contributed by atoms with Crippen LogP contribution in [0.2, 0.25) is 0 Å². The molecule has 27 heavy (non-hydrogen) atoms. The van der Waals surface area contributed by atoms with Gasteiger partial charge in [0.2, 0.25) is 0 Å². The maximum Gasteiger partial charge on any atom is 0.318 e. The van der Waals surface area contributed by atoms with Gasteiger partial charge in [-0.05, 0) is 39.4 Å². The van der Waals surface area contributed by atoms with Crippen molar-refractivity contribution in [1.82, 2.24) is 25.5 Å². The third-order valence-corrected chi connectivity index (χ3v) is 5.89. The van der Waals surface area contributed by atoms with Crippen molar-refractivity contribution in [3.8, 4) is 6.01 Å². The number of likely N-dealkylation sites (tertiary alicyclic amines) is 1. The van der Waals surface area contributed by atoms with Crippen LogP contribution in [0.3, 0.4) is 0 Å². The number of ether oxygens (including phenoxy) is 2. The fourth-order valence-electron chi connectivity index (χ4n) is 4.33. The van der Waals surface area contributed by atoms with Gasteiger partial charge in [-0.3, -0.25) is 0 Å². The standard InChI is InChI=1S/C19H32N6O2/c1-24-8-3-4-15(24)13-27-19-22-17-10-20-6-5-16(17)18(23-19)25-9-7-21-14(11-25)12-26-2/h14-15,20-21H,3-13H2,1-2H3/t14?,15-/m0/s1. The maximum atomic E-state index is 6.07. The average molecular weight is 377 g/mol. The first kappa shape index (κ1) is 18.9. The van der Waals surface area contributed by atoms with E-state index < -0.39 is 0 Å². The Bertz CT molecular complexity index is 641. The molecule has 0 radical (unpaired) electrons. The molecule has 3 aliphatic rings. The zero-order chi connectivity index (χ0) is 18.6. The molecule has 1 aromatic rings. The molecule has 2 atom stereocenters. The molecule has 2 saturated heterocycles. The summed E-state index contributed by atoms with van der Waals surface area (Å²) in [5, 5.41) is 6.95. The Morgan fingerprint density at radius 1 is 1.19 bits per heavy atom. The summed E-state index contributed by atoms with van der Waals surface area (Å²) < 4.78 is 11.4. The van der Waals surface area contributed by atoms with Crippen molar-refractivity contribution in [2.24, 2.45) is 0 Å². The molecule has 1 unspecified atom stereocenters. The summed E-state index contributed by atoms with van der Waals surface area (Å²) in [5.74, 6) is 1.05. The van der Waals surface area contributed by atoms with Crippen LogP contribution in [0.5, 0.6) is 6.01 Å². The van der Waals surface area contributed by atoms with Crippen molar-refractivity contribution < 1.29 is 9.47 Å². The minimum Gasteiger partial charge on any atom is -0.462 e. The van der Waals surface area contributed by atoms with E-state index in [0.717, 1.165) is 57.2 Å². The Kier molecular flexibility index (Phi) is 6.07. The van der Waals surface area contributed by atoms with Gasteiger partial charge in [-0.2, -0.15) is 9.97 Å². The molecule has 0 saturated carbocycles. The van der Waals surface area contributed by atoms with Crippen LogP contribution in [0, 0.1) is 0 Å². The van der Waals surface area contributed by atoms with Crippen molar-refractivity contribution in [2.45, 2.75) is 37.9 Å². The zero-order valence-electron chi connectivity index (χ0n) is 16.5. The number of fused-ring (bicyclic) bond motifs is 1. The lowest BCUT2D eigenvalue weighted by Gasteiger charge is -2.36. The van der Waals surface area contributed by atoms with Crippen molar-refractivity contribution >= 4 is 5.82 Å². The van der Waals surface area contributed by atoms with Crippen LogP contribution >= 0.6 is 0 Å². The number of rotatable bonds is 6. The quantitative estimate of drug-likeness (QED) is 0.720. The van der Waals surface area contributed by atoms with E-state index in [1.54, 1.807) is 7.11 Å². The zero-order valence-corrected chi connectivity index (χ0v) is 16.5. The number of piperazine rings is 1. The average Bonchev–Trinajstić information content (AvgIpc) is 3.11. The molecule has 8 nitrogen and oxygen atoms in total. The molecular weight excluding hydrogens is 344 g/mol. The number of hydrogen-bond donors (Lipinski definition) is 2. The smallest absolute Gasteiger partial charge is 0.318 e. The lowest BCUT2D eigenvalue weighted by Crippen LogP contribution is -2.53. The van der Waals surface area contributed by atoms with Gasteiger partial charge in [0.15, 0.2) is 0 Å². The number of nitrogens with one attached hydrogen (secondary N) is 2. The number of nitrogens with zero attached hydrogens (tertiary/aromatic N) is 4. The minimum atomic E-state index is 0.326. The van der Waals surface area contributed by atoms with Crippen molar-refractivity contribution in [2.75, 3.05) is 65.0 Å². The second kappa shape index (κ2) is 8.68. The van der Waals surface area contributed by atoms with E-state index in [4.69, 9.17) is 19.4 Å². The van der Waals surface area contributed by atoms with Gasteiger partial charge in [0, 0.05) is 50.9 Å². The molecule has 0 aliphatic carbocycles. The van der Waals surface area contributed by atoms with Crippen LogP contribution in [0.1, 0.15) is 24.1 Å². The molecule has 2 fully saturated rings. The molecule has 0 aromatic carbocycles. The second-order valence-electron chi connectivity index (χ2n) is 7.82. The lowest BCUT2D eigenvalue weighted by molar-refractivity contribution is 0.163. The van der Waals surface area contributed by atoms with Crippen molar-refractivity contribution in [1.29, 1.82) is 0 Å². The molecule has 150 valence electrons. The lowest BCUT2D eigenvalue weighted by atomic mass is 10.1. The van der Waals surface area contributed by atoms with Crippen LogP contribution < -0.4 is 20.3 Å². The highest BCUT2D eigenvalue weighted by Crippen LogP contribution is 2.27. The van der Waals surface area contributed by atoms with E-state index in [1.807, 2.05) is 0 Å². The normalized spacial score (nSPS) is 26.2. The van der Waals surface area contributed by atoms with E-state index in [-0.39, 0.29) is 0 Å². The number of anilines is 1. The van der Waals surface area contributed by atoms with Gasteiger partial charge in [-0.15, -0.1) is 0 Å². The van der Waals surface area contributed by atoms with E-state index in [0.29, 0.717) is 31.3 Å². The SMILES string of the molecule is COCC1CN(c2nc(OC[C@@H]3CCCN3C)nc3c2CCNC3)CCN1. The first-order valence-electron chi connectivity index (χ1n) is 10.2. The van der Waals surface area contributed by atoms with Crippen LogP contribution in [-0.2, 0) is 17.7 Å². The van der Waals surface area contributed by atoms with Gasteiger partial charge in [0.05, 0.1) is 12.3 Å². The fourth-order valence-corrected chi connectivity index (χ4v) is 4.33. The third-order valence-electron chi connectivity index (χ3n) is 5.89. The van der Waals surface area contributed by atoms with E-state index >= 15 is 0 Å². The minimum absolute atomic E-state index is 0.326. The van der Waals surface area contributed by atoms with Crippen molar-refractivity contribution in [3.63, 3.8) is 0 Å². The van der Waals surface area contributed by atoms with Crippen LogP contribution in [-0.4, -0.2) is 87.0 Å². The van der Waals surface area contributed by atoms with E-state index in [1.165, 1.54) is 18.4 Å². The third kappa shape index (κ3) is 4.34. The molecule has 3 aliphatic heterocycles. The molecular formula is C19H32N6O2. The Labute approximate surface area is 161 Å². The summed E-state index contributed by atoms with van der Waals surface area (Å²) in [6, 6.07) is 1.32. The van der Waals surface area contributed by atoms with Gasteiger partial charge in [0.25, 0.3) is 0 Å². The number of hydrogen-bond acceptors (Lipinski definition) is 8. The topological polar surface area (TPSA) is 74.8 Å². The number of likely N-dealkylation sites (N-methyl/N-ethyl adjacent to an activating group) is 1. The Hall–Kier alpha value is -1.48. The Balaban J connectivity index is 1.53. The maximum absolute atomic E-state index is 6.07. The largest absolute Gasteiger partial charge is 0.462 e. The summed E-state index contributed by atoms with van der Waals surface area (Å²) in [4.78, 5) is 14.3. The molecule has 0 bridgehead atoms. The van der Waals surface area contributed by atoms with Crippen LogP contribution in [0.4, 0.5) is 5.82 Å².